The molecule has 1 aliphatic carbocycles. The summed E-state index contributed by atoms with van der Waals surface area (Å²) in [4.78, 5) is 10.9. The first kappa shape index (κ1) is 9.31. The fourth-order valence-electron chi connectivity index (χ4n) is 1.75. The van der Waals surface area contributed by atoms with E-state index in [0.29, 0.717) is 5.56 Å². The molecule has 2 atom stereocenters. The molecule has 0 amide bonds. The topological polar surface area (TPSA) is 17.1 Å². The van der Waals surface area contributed by atoms with Crippen molar-refractivity contribution in [3.63, 3.8) is 0 Å². The van der Waals surface area contributed by atoms with Gasteiger partial charge in [-0.05, 0) is 31.0 Å². The van der Waals surface area contributed by atoms with Gasteiger partial charge in [-0.3, -0.25) is 4.79 Å². The van der Waals surface area contributed by atoms with E-state index in [-0.39, 0.29) is 12.2 Å². The van der Waals surface area contributed by atoms with E-state index in [1.165, 1.54) is 31.2 Å². The molecule has 0 unspecified atom stereocenters. The maximum atomic E-state index is 13.9. The van der Waals surface area contributed by atoms with Gasteiger partial charge in [0.2, 0.25) is 0 Å². The van der Waals surface area contributed by atoms with E-state index in [1.807, 2.05) is 0 Å². The lowest BCUT2D eigenvalue weighted by atomic mass is 10.1. The Hall–Kier alpha value is -1.25. The van der Waals surface area contributed by atoms with Crippen molar-refractivity contribution in [2.75, 3.05) is 0 Å². The molecule has 0 radical (unpaired) electrons. The number of alkyl halides is 1. The zero-order valence-corrected chi connectivity index (χ0v) is 7.76. The highest BCUT2D eigenvalue weighted by Gasteiger charge is 2.59. The predicted molar refractivity (Wildman–Crippen MR) is 48.0 cm³/mol. The Bertz CT molecular complexity index is 371. The van der Waals surface area contributed by atoms with Crippen molar-refractivity contribution < 1.29 is 13.6 Å². The van der Waals surface area contributed by atoms with Crippen molar-refractivity contribution in [1.29, 1.82) is 0 Å². The second-order valence-electron chi connectivity index (χ2n) is 3.74. The van der Waals surface area contributed by atoms with Gasteiger partial charge in [0.25, 0.3) is 0 Å². The molecule has 2 rings (SSSR count). The molecule has 74 valence electrons. The summed E-state index contributed by atoms with van der Waals surface area (Å²) < 4.78 is 26.5. The van der Waals surface area contributed by atoms with Crippen LogP contribution in [0.5, 0.6) is 0 Å². The average molecular weight is 196 g/mol. The van der Waals surface area contributed by atoms with E-state index >= 15 is 0 Å². The highest BCUT2D eigenvalue weighted by Crippen LogP contribution is 2.55. The molecule has 1 saturated carbocycles. The van der Waals surface area contributed by atoms with Crippen LogP contribution in [0.15, 0.2) is 24.3 Å². The van der Waals surface area contributed by atoms with Gasteiger partial charge in [0.1, 0.15) is 17.3 Å². The molecule has 0 spiro atoms. The molecular formula is C11H10F2O. The summed E-state index contributed by atoms with van der Waals surface area (Å²) in [6.45, 7) is 1.38. The van der Waals surface area contributed by atoms with Crippen LogP contribution in [0, 0.1) is 11.7 Å². The molecule has 0 aliphatic heterocycles. The summed E-state index contributed by atoms with van der Waals surface area (Å²) >= 11 is 0. The maximum Gasteiger partial charge on any atom is 0.146 e. The molecule has 1 aliphatic rings. The van der Waals surface area contributed by atoms with Crippen molar-refractivity contribution in [3.8, 4) is 0 Å². The minimum Gasteiger partial charge on any atom is -0.300 e. The lowest BCUT2D eigenvalue weighted by molar-refractivity contribution is -0.119. The standard InChI is InChI=1S/C11H10F2O/c1-7(14)10-6-11(10,13)8-2-4-9(12)5-3-8/h2-5,10H,6H2,1H3/t10-,11-/m1/s1. The summed E-state index contributed by atoms with van der Waals surface area (Å²) in [5, 5.41) is 0. The first-order chi connectivity index (χ1) is 6.54. The van der Waals surface area contributed by atoms with Crippen LogP contribution < -0.4 is 0 Å². The third kappa shape index (κ3) is 1.33. The molecule has 0 heterocycles. The average Bonchev–Trinajstić information content (AvgIpc) is 2.80. The number of carbonyl (C=O) groups is 1. The van der Waals surface area contributed by atoms with E-state index in [2.05, 4.69) is 0 Å². The Morgan fingerprint density at radius 3 is 2.43 bits per heavy atom. The summed E-state index contributed by atoms with van der Waals surface area (Å²) in [7, 11) is 0. The van der Waals surface area contributed by atoms with E-state index in [4.69, 9.17) is 0 Å². The minimum atomic E-state index is -1.54. The van der Waals surface area contributed by atoms with Gasteiger partial charge in [0.05, 0.1) is 5.92 Å². The third-order valence-electron chi connectivity index (χ3n) is 2.71. The van der Waals surface area contributed by atoms with Crippen LogP contribution in [0.3, 0.4) is 0 Å². The highest BCUT2D eigenvalue weighted by atomic mass is 19.1. The molecule has 3 heteroatoms. The van der Waals surface area contributed by atoms with Gasteiger partial charge in [-0.1, -0.05) is 12.1 Å². The maximum absolute atomic E-state index is 13.9. The SMILES string of the molecule is CC(=O)[C@H]1C[C@@]1(F)c1ccc(F)cc1. The zero-order chi connectivity index (χ0) is 10.3. The van der Waals surface area contributed by atoms with Crippen LogP contribution in [-0.2, 0) is 10.5 Å². The fraction of sp³-hybridized carbons (Fsp3) is 0.364. The largest absolute Gasteiger partial charge is 0.300 e. The van der Waals surface area contributed by atoms with Crippen molar-refractivity contribution in [2.45, 2.75) is 19.0 Å². The molecule has 1 fully saturated rings. The number of Topliss-reactive ketones (excluding diaryl/α,β-unsaturated/α-hetero) is 1. The molecule has 14 heavy (non-hydrogen) atoms. The fourth-order valence-corrected chi connectivity index (χ4v) is 1.75. The Morgan fingerprint density at radius 2 is 2.00 bits per heavy atom. The van der Waals surface area contributed by atoms with Gasteiger partial charge in [0.15, 0.2) is 0 Å². The van der Waals surface area contributed by atoms with Gasteiger partial charge in [-0.25, -0.2) is 8.78 Å². The van der Waals surface area contributed by atoms with Gasteiger partial charge < -0.3 is 0 Å². The van der Waals surface area contributed by atoms with Gasteiger partial charge in [0, 0.05) is 0 Å². The second kappa shape index (κ2) is 2.87. The van der Waals surface area contributed by atoms with Crippen LogP contribution in [0.2, 0.25) is 0 Å². The Kier molecular flexibility index (Phi) is 1.91. The quantitative estimate of drug-likeness (QED) is 0.710. The number of hydrogen-bond donors (Lipinski definition) is 0. The molecule has 1 nitrogen and oxygen atoms in total. The molecule has 1 aromatic carbocycles. The summed E-state index contributed by atoms with van der Waals surface area (Å²) in [5.41, 5.74) is -1.14. The first-order valence-corrected chi connectivity index (χ1v) is 4.49. The van der Waals surface area contributed by atoms with E-state index in [0.717, 1.165) is 0 Å². The van der Waals surface area contributed by atoms with E-state index in [1.54, 1.807) is 0 Å². The lowest BCUT2D eigenvalue weighted by Crippen LogP contribution is -2.07. The van der Waals surface area contributed by atoms with Crippen molar-refractivity contribution >= 4 is 5.78 Å². The number of ketones is 1. The molecule has 0 bridgehead atoms. The Morgan fingerprint density at radius 1 is 1.43 bits per heavy atom. The van der Waals surface area contributed by atoms with E-state index < -0.39 is 17.4 Å². The molecule has 0 saturated heterocycles. The van der Waals surface area contributed by atoms with Crippen LogP contribution in [-0.4, -0.2) is 5.78 Å². The number of carbonyl (C=O) groups excluding carboxylic acids is 1. The molecule has 1 aromatic rings. The summed E-state index contributed by atoms with van der Waals surface area (Å²) in [5.74, 6) is -1.07. The third-order valence-corrected chi connectivity index (χ3v) is 2.71. The minimum absolute atomic E-state index is 0.142. The van der Waals surface area contributed by atoms with Crippen LogP contribution in [0.4, 0.5) is 8.78 Å². The van der Waals surface area contributed by atoms with Crippen molar-refractivity contribution in [3.05, 3.63) is 35.6 Å². The Labute approximate surface area is 80.7 Å². The first-order valence-electron chi connectivity index (χ1n) is 4.49. The highest BCUT2D eigenvalue weighted by molar-refractivity contribution is 5.83. The van der Waals surface area contributed by atoms with Crippen LogP contribution in [0.25, 0.3) is 0 Å². The lowest BCUT2D eigenvalue weighted by Gasteiger charge is -2.06. The smallest absolute Gasteiger partial charge is 0.146 e. The number of halogens is 2. The van der Waals surface area contributed by atoms with Gasteiger partial charge in [-0.15, -0.1) is 0 Å². The van der Waals surface area contributed by atoms with Crippen molar-refractivity contribution in [1.82, 2.24) is 0 Å². The normalized spacial score (nSPS) is 30.1. The number of rotatable bonds is 2. The second-order valence-corrected chi connectivity index (χ2v) is 3.74. The molecule has 0 aromatic heterocycles. The van der Waals surface area contributed by atoms with Crippen molar-refractivity contribution in [2.24, 2.45) is 5.92 Å². The molecule has 0 N–H and O–H groups in total. The van der Waals surface area contributed by atoms with Crippen LogP contribution in [0.1, 0.15) is 18.9 Å². The number of hydrogen-bond acceptors (Lipinski definition) is 1. The predicted octanol–water partition coefficient (Wildman–Crippen LogP) is 2.60. The van der Waals surface area contributed by atoms with Crippen LogP contribution >= 0.6 is 0 Å². The zero-order valence-electron chi connectivity index (χ0n) is 7.76. The summed E-state index contributed by atoms with van der Waals surface area (Å²) in [6.07, 6.45) is 0.230. The van der Waals surface area contributed by atoms with E-state index in [9.17, 15) is 13.6 Å². The van der Waals surface area contributed by atoms with Gasteiger partial charge in [-0.2, -0.15) is 0 Å². The monoisotopic (exact) mass is 196 g/mol. The number of benzene rings is 1. The molecular weight excluding hydrogens is 186 g/mol. The summed E-state index contributed by atoms with van der Waals surface area (Å²) in [6, 6.07) is 5.23. The Balaban J connectivity index is 2.25. The van der Waals surface area contributed by atoms with Gasteiger partial charge >= 0.3 is 0 Å².